The lowest BCUT2D eigenvalue weighted by molar-refractivity contribution is 0.0998. The standard InChI is InChI=1S/C16H14N2O3/c1-20-14-7-6-11(9-12(14)17)18-16(19)15-8-10-4-2-3-5-13(10)21-15/h2-9H,17H2,1H3,(H,18,19). The monoisotopic (exact) mass is 282 g/mol. The second-order valence-electron chi connectivity index (χ2n) is 4.56. The van der Waals surface area contributed by atoms with E-state index in [1.807, 2.05) is 24.3 Å². The smallest absolute Gasteiger partial charge is 0.291 e. The fourth-order valence-electron chi connectivity index (χ4n) is 2.10. The number of carbonyl (C=O) groups is 1. The Balaban J connectivity index is 1.84. The molecule has 21 heavy (non-hydrogen) atoms. The van der Waals surface area contributed by atoms with Gasteiger partial charge in [-0.3, -0.25) is 4.79 Å². The van der Waals surface area contributed by atoms with Crippen LogP contribution in [-0.4, -0.2) is 13.0 Å². The molecule has 0 radical (unpaired) electrons. The highest BCUT2D eigenvalue weighted by atomic mass is 16.5. The molecule has 3 rings (SSSR count). The first-order chi connectivity index (χ1) is 10.2. The highest BCUT2D eigenvalue weighted by Crippen LogP contribution is 2.25. The number of nitrogens with one attached hydrogen (secondary N) is 1. The van der Waals surface area contributed by atoms with Crippen molar-refractivity contribution in [3.63, 3.8) is 0 Å². The van der Waals surface area contributed by atoms with Crippen LogP contribution in [0.25, 0.3) is 11.0 Å². The maximum atomic E-state index is 12.2. The quantitative estimate of drug-likeness (QED) is 0.723. The van der Waals surface area contributed by atoms with E-state index in [1.165, 1.54) is 0 Å². The van der Waals surface area contributed by atoms with Crippen molar-refractivity contribution in [2.45, 2.75) is 0 Å². The summed E-state index contributed by atoms with van der Waals surface area (Å²) in [7, 11) is 1.54. The molecule has 5 nitrogen and oxygen atoms in total. The number of hydrogen-bond acceptors (Lipinski definition) is 4. The molecule has 5 heteroatoms. The van der Waals surface area contributed by atoms with Gasteiger partial charge in [0.05, 0.1) is 12.8 Å². The lowest BCUT2D eigenvalue weighted by atomic mass is 10.2. The molecule has 3 N–H and O–H groups in total. The van der Waals surface area contributed by atoms with Crippen LogP contribution in [0.4, 0.5) is 11.4 Å². The van der Waals surface area contributed by atoms with E-state index < -0.39 is 0 Å². The van der Waals surface area contributed by atoms with Crippen LogP contribution in [0.2, 0.25) is 0 Å². The van der Waals surface area contributed by atoms with Gasteiger partial charge in [-0.25, -0.2) is 0 Å². The van der Waals surface area contributed by atoms with Gasteiger partial charge in [0, 0.05) is 11.1 Å². The van der Waals surface area contributed by atoms with E-state index in [0.717, 1.165) is 5.39 Å². The molecule has 0 fully saturated rings. The zero-order valence-corrected chi connectivity index (χ0v) is 11.4. The van der Waals surface area contributed by atoms with Crippen LogP contribution in [0.15, 0.2) is 52.9 Å². The highest BCUT2D eigenvalue weighted by Gasteiger charge is 2.12. The molecule has 0 aliphatic heterocycles. The number of para-hydroxylation sites is 1. The normalized spacial score (nSPS) is 10.5. The first-order valence-corrected chi connectivity index (χ1v) is 6.41. The molecule has 3 aromatic rings. The van der Waals surface area contributed by atoms with Crippen molar-refractivity contribution in [2.24, 2.45) is 0 Å². The minimum atomic E-state index is -0.323. The van der Waals surface area contributed by atoms with Crippen LogP contribution in [0, 0.1) is 0 Å². The molecule has 0 spiro atoms. The number of hydrogen-bond donors (Lipinski definition) is 2. The second-order valence-corrected chi connectivity index (χ2v) is 4.56. The summed E-state index contributed by atoms with van der Waals surface area (Å²) in [6.45, 7) is 0. The summed E-state index contributed by atoms with van der Waals surface area (Å²) < 4.78 is 10.6. The SMILES string of the molecule is COc1ccc(NC(=O)c2cc3ccccc3o2)cc1N. The minimum Gasteiger partial charge on any atom is -0.495 e. The first kappa shape index (κ1) is 13.1. The van der Waals surface area contributed by atoms with E-state index in [2.05, 4.69) is 5.32 Å². The number of ether oxygens (including phenoxy) is 1. The number of rotatable bonds is 3. The Kier molecular flexibility index (Phi) is 3.23. The molecule has 0 unspecified atom stereocenters. The van der Waals surface area contributed by atoms with Gasteiger partial charge in [0.2, 0.25) is 0 Å². The third-order valence-corrected chi connectivity index (χ3v) is 3.14. The van der Waals surface area contributed by atoms with Gasteiger partial charge in [-0.05, 0) is 30.3 Å². The van der Waals surface area contributed by atoms with Crippen molar-refractivity contribution in [3.8, 4) is 5.75 Å². The Morgan fingerprint density at radius 2 is 2.00 bits per heavy atom. The zero-order valence-electron chi connectivity index (χ0n) is 11.4. The van der Waals surface area contributed by atoms with Gasteiger partial charge in [0.1, 0.15) is 11.3 Å². The van der Waals surface area contributed by atoms with Gasteiger partial charge in [0.25, 0.3) is 5.91 Å². The van der Waals surface area contributed by atoms with E-state index in [9.17, 15) is 4.79 Å². The Hall–Kier alpha value is -2.95. The fraction of sp³-hybridized carbons (Fsp3) is 0.0625. The van der Waals surface area contributed by atoms with Gasteiger partial charge in [-0.2, -0.15) is 0 Å². The Bertz CT molecular complexity index is 775. The number of fused-ring (bicyclic) bond motifs is 1. The summed E-state index contributed by atoms with van der Waals surface area (Å²) in [6.07, 6.45) is 0. The molecule has 1 amide bonds. The van der Waals surface area contributed by atoms with Crippen LogP contribution < -0.4 is 15.8 Å². The predicted octanol–water partition coefficient (Wildman–Crippen LogP) is 3.28. The fourth-order valence-corrected chi connectivity index (χ4v) is 2.10. The van der Waals surface area contributed by atoms with Gasteiger partial charge in [0.15, 0.2) is 5.76 Å². The topological polar surface area (TPSA) is 77.5 Å². The predicted molar refractivity (Wildman–Crippen MR) is 81.6 cm³/mol. The Morgan fingerprint density at radius 3 is 2.71 bits per heavy atom. The Morgan fingerprint density at radius 1 is 1.19 bits per heavy atom. The summed E-state index contributed by atoms with van der Waals surface area (Å²) in [5.41, 5.74) is 7.53. The third kappa shape index (κ3) is 2.53. The first-order valence-electron chi connectivity index (χ1n) is 6.41. The number of furan rings is 1. The zero-order chi connectivity index (χ0) is 14.8. The number of nitrogens with two attached hydrogens (primary N) is 1. The van der Waals surface area contributed by atoms with E-state index >= 15 is 0 Å². The number of anilines is 2. The van der Waals surface area contributed by atoms with Gasteiger partial charge in [-0.15, -0.1) is 0 Å². The van der Waals surface area contributed by atoms with Crippen LogP contribution in [0.5, 0.6) is 5.75 Å². The van der Waals surface area contributed by atoms with Crippen LogP contribution >= 0.6 is 0 Å². The average Bonchev–Trinajstić information content (AvgIpc) is 2.91. The summed E-state index contributed by atoms with van der Waals surface area (Å²) in [5, 5.41) is 3.63. The van der Waals surface area contributed by atoms with Gasteiger partial charge < -0.3 is 20.2 Å². The van der Waals surface area contributed by atoms with Gasteiger partial charge >= 0.3 is 0 Å². The summed E-state index contributed by atoms with van der Waals surface area (Å²) >= 11 is 0. The number of methoxy groups -OCH3 is 1. The maximum absolute atomic E-state index is 12.2. The molecule has 0 atom stereocenters. The van der Waals surface area contributed by atoms with Crippen molar-refractivity contribution in [2.75, 3.05) is 18.2 Å². The Labute approximate surface area is 121 Å². The van der Waals surface area contributed by atoms with Crippen LogP contribution in [-0.2, 0) is 0 Å². The highest BCUT2D eigenvalue weighted by molar-refractivity contribution is 6.04. The molecular weight excluding hydrogens is 268 g/mol. The van der Waals surface area contributed by atoms with Gasteiger partial charge in [-0.1, -0.05) is 18.2 Å². The average molecular weight is 282 g/mol. The number of carbonyl (C=O) groups excluding carboxylic acids is 1. The van der Waals surface area contributed by atoms with Crippen molar-refractivity contribution >= 4 is 28.3 Å². The number of amides is 1. The van der Waals surface area contributed by atoms with E-state index in [4.69, 9.17) is 14.9 Å². The number of benzene rings is 2. The number of nitrogen functional groups attached to an aromatic ring is 1. The van der Waals surface area contributed by atoms with E-state index in [0.29, 0.717) is 22.7 Å². The van der Waals surface area contributed by atoms with Crippen LogP contribution in [0.3, 0.4) is 0 Å². The molecule has 0 aliphatic carbocycles. The van der Waals surface area contributed by atoms with Crippen molar-refractivity contribution in [1.82, 2.24) is 0 Å². The van der Waals surface area contributed by atoms with E-state index in [1.54, 1.807) is 31.4 Å². The summed E-state index contributed by atoms with van der Waals surface area (Å²) in [6, 6.07) is 14.2. The molecule has 0 aliphatic rings. The third-order valence-electron chi connectivity index (χ3n) is 3.14. The second kappa shape index (κ2) is 5.20. The molecule has 0 bridgehead atoms. The molecule has 1 heterocycles. The molecule has 1 aromatic heterocycles. The van der Waals surface area contributed by atoms with E-state index in [-0.39, 0.29) is 11.7 Å². The van der Waals surface area contributed by atoms with Crippen LogP contribution in [0.1, 0.15) is 10.6 Å². The van der Waals surface area contributed by atoms with Crippen molar-refractivity contribution in [1.29, 1.82) is 0 Å². The maximum Gasteiger partial charge on any atom is 0.291 e. The molecule has 2 aromatic carbocycles. The van der Waals surface area contributed by atoms with Crippen molar-refractivity contribution in [3.05, 3.63) is 54.3 Å². The molecule has 0 saturated carbocycles. The lowest BCUT2D eigenvalue weighted by Crippen LogP contribution is -2.11. The lowest BCUT2D eigenvalue weighted by Gasteiger charge is -2.07. The molecule has 106 valence electrons. The largest absolute Gasteiger partial charge is 0.495 e. The minimum absolute atomic E-state index is 0.255. The summed E-state index contributed by atoms with van der Waals surface area (Å²) in [4.78, 5) is 12.2. The van der Waals surface area contributed by atoms with Crippen molar-refractivity contribution < 1.29 is 13.9 Å². The summed E-state index contributed by atoms with van der Waals surface area (Å²) in [5.74, 6) is 0.498. The molecular formula is C16H14N2O3. The molecule has 0 saturated heterocycles.